The fourth-order valence-corrected chi connectivity index (χ4v) is 3.49. The molecule has 0 radical (unpaired) electrons. The van der Waals surface area contributed by atoms with E-state index < -0.39 is 6.10 Å². The number of aromatic nitrogens is 2. The summed E-state index contributed by atoms with van der Waals surface area (Å²) >= 11 is 0. The number of rotatable bonds is 9. The number of para-hydroxylation sites is 2. The lowest BCUT2D eigenvalue weighted by molar-refractivity contribution is -0.132. The maximum Gasteiger partial charge on any atom is 0.249 e. The molecule has 1 N–H and O–H groups in total. The number of fused-ring (bicyclic) bond motifs is 1. The minimum atomic E-state index is -0.546. The maximum absolute atomic E-state index is 12.4. The summed E-state index contributed by atoms with van der Waals surface area (Å²) in [5.41, 5.74) is 5.29. The summed E-state index contributed by atoms with van der Waals surface area (Å²) in [4.78, 5) is 16.8. The second-order valence-corrected chi connectivity index (χ2v) is 7.70. The molecule has 1 aromatic heterocycles. The lowest BCUT2D eigenvalue weighted by Gasteiger charge is -2.14. The predicted molar refractivity (Wildman–Crippen MR) is 124 cm³/mol. The van der Waals surface area contributed by atoms with Crippen LogP contribution in [0.5, 0.6) is 5.75 Å². The minimum absolute atomic E-state index is 0.137. The van der Waals surface area contributed by atoms with Crippen LogP contribution < -0.4 is 10.1 Å². The second kappa shape index (κ2) is 10.1. The number of nitrogens with zero attached hydrogens (tertiary/aromatic N) is 2. The quantitative estimate of drug-likeness (QED) is 0.431. The van der Waals surface area contributed by atoms with Gasteiger partial charge in [-0.25, -0.2) is 4.98 Å². The van der Waals surface area contributed by atoms with Gasteiger partial charge in [0.25, 0.3) is 0 Å². The van der Waals surface area contributed by atoms with Crippen LogP contribution >= 0.6 is 0 Å². The molecule has 0 spiro atoms. The van der Waals surface area contributed by atoms with E-state index in [0.29, 0.717) is 13.2 Å². The summed E-state index contributed by atoms with van der Waals surface area (Å²) in [7, 11) is 1.63. The molecule has 1 amide bonds. The summed E-state index contributed by atoms with van der Waals surface area (Å²) in [6.07, 6.45) is 1.32. The van der Waals surface area contributed by atoms with Gasteiger partial charge in [-0.1, -0.05) is 48.5 Å². The lowest BCUT2D eigenvalue weighted by atomic mass is 10.1. The van der Waals surface area contributed by atoms with E-state index in [2.05, 4.69) is 33.1 Å². The molecule has 1 unspecified atom stereocenters. The van der Waals surface area contributed by atoms with Gasteiger partial charge in [-0.3, -0.25) is 4.79 Å². The lowest BCUT2D eigenvalue weighted by Crippen LogP contribution is -2.34. The smallest absolute Gasteiger partial charge is 0.249 e. The third-order valence-corrected chi connectivity index (χ3v) is 5.37. The van der Waals surface area contributed by atoms with Crippen molar-refractivity contribution < 1.29 is 14.3 Å². The molecular weight excluding hydrogens is 402 g/mol. The van der Waals surface area contributed by atoms with Crippen LogP contribution in [0.25, 0.3) is 11.0 Å². The number of carbonyl (C=O) groups is 1. The predicted octanol–water partition coefficient (Wildman–Crippen LogP) is 4.31. The maximum atomic E-state index is 12.4. The number of carbonyl (C=O) groups excluding carboxylic acids is 1. The molecule has 0 bridgehead atoms. The third-order valence-electron chi connectivity index (χ3n) is 5.37. The number of hydrogen-bond acceptors (Lipinski definition) is 4. The zero-order chi connectivity index (χ0) is 22.3. The molecule has 1 heterocycles. The third kappa shape index (κ3) is 5.34. The normalized spacial score (nSPS) is 11.9. The largest absolute Gasteiger partial charge is 0.497 e. The highest BCUT2D eigenvalue weighted by atomic mass is 16.5. The van der Waals surface area contributed by atoms with Crippen molar-refractivity contribution in [3.8, 4) is 5.75 Å². The molecule has 0 aliphatic heterocycles. The number of methoxy groups -OCH3 is 1. The van der Waals surface area contributed by atoms with Crippen molar-refractivity contribution in [3.05, 3.63) is 95.8 Å². The van der Waals surface area contributed by atoms with Crippen LogP contribution in [0.3, 0.4) is 0 Å². The zero-order valence-corrected chi connectivity index (χ0v) is 18.3. The molecule has 32 heavy (non-hydrogen) atoms. The van der Waals surface area contributed by atoms with Crippen LogP contribution in [-0.2, 0) is 29.2 Å². The number of imidazole rings is 1. The van der Waals surface area contributed by atoms with Crippen molar-refractivity contribution in [2.45, 2.75) is 32.7 Å². The number of nitrogens with one attached hydrogen (secondary N) is 1. The molecule has 6 nitrogen and oxygen atoms in total. The number of benzene rings is 3. The van der Waals surface area contributed by atoms with Gasteiger partial charge in [0.15, 0.2) is 0 Å². The molecule has 0 fully saturated rings. The van der Waals surface area contributed by atoms with Gasteiger partial charge < -0.3 is 19.4 Å². The Morgan fingerprint density at radius 1 is 1.00 bits per heavy atom. The van der Waals surface area contributed by atoms with E-state index in [-0.39, 0.29) is 5.91 Å². The van der Waals surface area contributed by atoms with Gasteiger partial charge in [-0.2, -0.15) is 0 Å². The van der Waals surface area contributed by atoms with Crippen LogP contribution in [0, 0.1) is 0 Å². The van der Waals surface area contributed by atoms with Gasteiger partial charge >= 0.3 is 0 Å². The van der Waals surface area contributed by atoms with Gasteiger partial charge in [0.1, 0.15) is 11.9 Å². The Morgan fingerprint density at radius 3 is 2.59 bits per heavy atom. The van der Waals surface area contributed by atoms with Crippen molar-refractivity contribution >= 4 is 16.9 Å². The Bertz CT molecular complexity index is 1180. The Labute approximate surface area is 187 Å². The minimum Gasteiger partial charge on any atom is -0.497 e. The van der Waals surface area contributed by atoms with Crippen molar-refractivity contribution in [2.75, 3.05) is 7.11 Å². The highest BCUT2D eigenvalue weighted by molar-refractivity contribution is 5.80. The molecule has 4 rings (SSSR count). The van der Waals surface area contributed by atoms with Crippen molar-refractivity contribution in [1.82, 2.24) is 14.9 Å². The second-order valence-electron chi connectivity index (χ2n) is 7.70. The summed E-state index contributed by atoms with van der Waals surface area (Å²) in [5.74, 6) is 0.634. The highest BCUT2D eigenvalue weighted by Gasteiger charge is 2.13. The van der Waals surface area contributed by atoms with Gasteiger partial charge in [-0.05, 0) is 47.9 Å². The van der Waals surface area contributed by atoms with Crippen molar-refractivity contribution in [1.29, 1.82) is 0 Å². The first-order valence-corrected chi connectivity index (χ1v) is 10.6. The Hall–Kier alpha value is -3.64. The molecule has 0 aliphatic rings. The van der Waals surface area contributed by atoms with E-state index in [0.717, 1.165) is 34.5 Å². The standard InChI is InChI=1S/C26H27N3O3/c1-19(32-17-22-6-5-7-23(14-22)31-2)26(30)27-15-20-10-12-21(13-11-20)16-29-18-28-24-8-3-4-9-25(24)29/h3-14,18-19H,15-17H2,1-2H3,(H,27,30). The van der Waals surface area contributed by atoms with Crippen LogP contribution in [0.4, 0.5) is 0 Å². The average molecular weight is 430 g/mol. The first kappa shape index (κ1) is 21.6. The number of ether oxygens (including phenoxy) is 2. The van der Waals surface area contributed by atoms with E-state index in [9.17, 15) is 4.79 Å². The molecular formula is C26H27N3O3. The van der Waals surface area contributed by atoms with Gasteiger partial charge in [-0.15, -0.1) is 0 Å². The number of hydrogen-bond donors (Lipinski definition) is 1. The SMILES string of the molecule is COc1cccc(COC(C)C(=O)NCc2ccc(Cn3cnc4ccccc43)cc2)c1. The van der Waals surface area contributed by atoms with E-state index in [1.54, 1.807) is 14.0 Å². The van der Waals surface area contributed by atoms with Gasteiger partial charge in [0.05, 0.1) is 31.1 Å². The van der Waals surface area contributed by atoms with E-state index in [1.807, 2.05) is 60.9 Å². The molecule has 0 aliphatic carbocycles. The average Bonchev–Trinajstić information content (AvgIpc) is 3.24. The molecule has 0 saturated heterocycles. The van der Waals surface area contributed by atoms with Crippen LogP contribution in [0.2, 0.25) is 0 Å². The zero-order valence-electron chi connectivity index (χ0n) is 18.3. The summed E-state index contributed by atoms with van der Waals surface area (Å²) in [6.45, 7) is 3.32. The van der Waals surface area contributed by atoms with Crippen molar-refractivity contribution in [3.63, 3.8) is 0 Å². The van der Waals surface area contributed by atoms with E-state index in [1.165, 1.54) is 5.56 Å². The first-order valence-electron chi connectivity index (χ1n) is 10.6. The fourth-order valence-electron chi connectivity index (χ4n) is 3.49. The van der Waals surface area contributed by atoms with E-state index in [4.69, 9.17) is 9.47 Å². The highest BCUT2D eigenvalue weighted by Crippen LogP contribution is 2.15. The van der Waals surface area contributed by atoms with Gasteiger partial charge in [0.2, 0.25) is 5.91 Å². The molecule has 4 aromatic rings. The van der Waals surface area contributed by atoms with Crippen LogP contribution in [-0.4, -0.2) is 28.7 Å². The first-order chi connectivity index (χ1) is 15.6. The molecule has 164 valence electrons. The van der Waals surface area contributed by atoms with E-state index >= 15 is 0 Å². The summed E-state index contributed by atoms with van der Waals surface area (Å²) in [6, 6.07) is 24.0. The Kier molecular flexibility index (Phi) is 6.82. The van der Waals surface area contributed by atoms with Crippen LogP contribution in [0.1, 0.15) is 23.6 Å². The monoisotopic (exact) mass is 429 g/mol. The van der Waals surface area contributed by atoms with Crippen molar-refractivity contribution in [2.24, 2.45) is 0 Å². The molecule has 0 saturated carbocycles. The molecule has 3 aromatic carbocycles. The number of amides is 1. The Morgan fingerprint density at radius 2 is 1.78 bits per heavy atom. The van der Waals surface area contributed by atoms with Gasteiger partial charge in [0, 0.05) is 13.1 Å². The summed E-state index contributed by atoms with van der Waals surface area (Å²) in [5, 5.41) is 2.94. The molecule has 6 heteroatoms. The fraction of sp³-hybridized carbons (Fsp3) is 0.231. The molecule has 1 atom stereocenters. The Balaban J connectivity index is 1.26. The topological polar surface area (TPSA) is 65.4 Å². The van der Waals surface area contributed by atoms with Crippen LogP contribution in [0.15, 0.2) is 79.1 Å². The summed E-state index contributed by atoms with van der Waals surface area (Å²) < 4.78 is 13.1.